The zero-order valence-corrected chi connectivity index (χ0v) is 15.1. The number of fused-ring (bicyclic) bond motifs is 1. The van der Waals surface area contributed by atoms with Crippen LogP contribution in [0.15, 0.2) is 29.1 Å². The van der Waals surface area contributed by atoms with E-state index in [1.54, 1.807) is 24.3 Å². The van der Waals surface area contributed by atoms with Gasteiger partial charge in [0.05, 0.1) is 26.5 Å². The molecule has 7 nitrogen and oxygen atoms in total. The number of hydrogen-bond donors (Lipinski definition) is 1. The Hall–Kier alpha value is -2.83. The molecule has 0 spiro atoms. The lowest BCUT2D eigenvalue weighted by Gasteiger charge is -2.16. The molecule has 0 atom stereocenters. The molecule has 7 heteroatoms. The normalized spacial score (nSPS) is 13.0. The Bertz CT molecular complexity index is 838. The molecular formula is C19H23N3O4. The number of nitrogens with one attached hydrogen (secondary N) is 1. The molecule has 26 heavy (non-hydrogen) atoms. The number of nitrogens with zero attached hydrogens (tertiary/aromatic N) is 2. The van der Waals surface area contributed by atoms with Crippen molar-refractivity contribution < 1.29 is 14.3 Å². The molecule has 1 aliphatic carbocycles. The van der Waals surface area contributed by atoms with Crippen molar-refractivity contribution in [3.63, 3.8) is 0 Å². The number of carbonyl (C=O) groups is 1. The van der Waals surface area contributed by atoms with Crippen molar-refractivity contribution in [3.05, 3.63) is 51.4 Å². The first-order valence-corrected chi connectivity index (χ1v) is 8.73. The summed E-state index contributed by atoms with van der Waals surface area (Å²) in [6, 6.07) is 6.83. The Morgan fingerprint density at radius 3 is 2.58 bits per heavy atom. The Morgan fingerprint density at radius 2 is 1.88 bits per heavy atom. The lowest BCUT2D eigenvalue weighted by Crippen LogP contribution is -2.33. The molecule has 0 unspecified atom stereocenters. The summed E-state index contributed by atoms with van der Waals surface area (Å²) in [4.78, 5) is 24.7. The molecular weight excluding hydrogens is 334 g/mol. The van der Waals surface area contributed by atoms with Gasteiger partial charge < -0.3 is 14.8 Å². The third-order valence-electron chi connectivity index (χ3n) is 4.54. The van der Waals surface area contributed by atoms with E-state index in [9.17, 15) is 9.59 Å². The predicted octanol–water partition coefficient (Wildman–Crippen LogP) is 1.57. The molecule has 138 valence electrons. The Labute approximate surface area is 151 Å². The molecule has 1 heterocycles. The highest BCUT2D eigenvalue weighted by molar-refractivity contribution is 5.99. The maximum Gasteiger partial charge on any atom is 0.267 e. The zero-order valence-electron chi connectivity index (χ0n) is 15.1. The molecule has 2 aromatic rings. The molecule has 0 saturated carbocycles. The minimum absolute atomic E-state index is 0.130. The second-order valence-corrected chi connectivity index (χ2v) is 6.18. The number of aromatic nitrogens is 2. The van der Waals surface area contributed by atoms with E-state index in [4.69, 9.17) is 9.47 Å². The quantitative estimate of drug-likeness (QED) is 0.849. The fourth-order valence-electron chi connectivity index (χ4n) is 3.20. The van der Waals surface area contributed by atoms with Gasteiger partial charge in [-0.2, -0.15) is 5.10 Å². The number of carbonyl (C=O) groups excluding carboxylic acids is 1. The first kappa shape index (κ1) is 18.0. The molecule has 1 aromatic carbocycles. The van der Waals surface area contributed by atoms with Crippen LogP contribution in [-0.4, -0.2) is 36.5 Å². The number of amides is 1. The number of rotatable bonds is 6. The number of ether oxygens (including phenoxy) is 2. The van der Waals surface area contributed by atoms with Gasteiger partial charge in [-0.05, 0) is 43.4 Å². The van der Waals surface area contributed by atoms with Crippen molar-refractivity contribution >= 4 is 5.91 Å². The van der Waals surface area contributed by atoms with Crippen LogP contribution in [0.3, 0.4) is 0 Å². The van der Waals surface area contributed by atoms with Crippen molar-refractivity contribution in [2.45, 2.75) is 32.2 Å². The molecule has 1 aliphatic rings. The number of hydrogen-bond acceptors (Lipinski definition) is 5. The molecule has 0 radical (unpaired) electrons. The van der Waals surface area contributed by atoms with Crippen LogP contribution in [0.25, 0.3) is 0 Å². The fraction of sp³-hybridized carbons (Fsp3) is 0.421. The molecule has 0 bridgehead atoms. The summed E-state index contributed by atoms with van der Waals surface area (Å²) in [5, 5.41) is 7.26. The number of methoxy groups -OCH3 is 2. The summed E-state index contributed by atoms with van der Waals surface area (Å²) in [6.45, 7) is 0.598. The number of benzene rings is 1. The van der Waals surface area contributed by atoms with E-state index >= 15 is 0 Å². The highest BCUT2D eigenvalue weighted by Crippen LogP contribution is 2.27. The third kappa shape index (κ3) is 3.71. The van der Waals surface area contributed by atoms with Gasteiger partial charge in [-0.1, -0.05) is 6.07 Å². The van der Waals surface area contributed by atoms with Crippen LogP contribution in [-0.2, 0) is 19.4 Å². The number of aryl methyl sites for hydroxylation is 2. The van der Waals surface area contributed by atoms with Gasteiger partial charge in [0, 0.05) is 12.6 Å². The van der Waals surface area contributed by atoms with Crippen LogP contribution in [0.1, 0.15) is 34.5 Å². The van der Waals surface area contributed by atoms with Crippen molar-refractivity contribution in [3.8, 4) is 11.5 Å². The van der Waals surface area contributed by atoms with Crippen molar-refractivity contribution in [1.29, 1.82) is 0 Å². The van der Waals surface area contributed by atoms with E-state index in [0.717, 1.165) is 36.9 Å². The summed E-state index contributed by atoms with van der Waals surface area (Å²) < 4.78 is 11.9. The standard InChI is InChI=1S/C19H23N3O4/c1-25-15-8-5-9-16(26-2)18(15)19(24)20-10-11-22-17(23)12-13-6-3-4-7-14(13)21-22/h5,8-9,12H,3-4,6-7,10-11H2,1-2H3,(H,20,24). The van der Waals surface area contributed by atoms with Gasteiger partial charge in [0.2, 0.25) is 0 Å². The smallest absolute Gasteiger partial charge is 0.267 e. The largest absolute Gasteiger partial charge is 0.496 e. The van der Waals surface area contributed by atoms with E-state index in [1.165, 1.54) is 18.9 Å². The summed E-state index contributed by atoms with van der Waals surface area (Å²) in [5.41, 5.74) is 2.26. The van der Waals surface area contributed by atoms with Gasteiger partial charge in [-0.25, -0.2) is 4.68 Å². The van der Waals surface area contributed by atoms with Gasteiger partial charge >= 0.3 is 0 Å². The van der Waals surface area contributed by atoms with Crippen molar-refractivity contribution in [2.24, 2.45) is 0 Å². The summed E-state index contributed by atoms with van der Waals surface area (Å²) in [5.74, 6) is 0.558. The second kappa shape index (κ2) is 8.03. The van der Waals surface area contributed by atoms with Crippen LogP contribution < -0.4 is 20.3 Å². The molecule has 0 fully saturated rings. The van der Waals surface area contributed by atoms with E-state index in [0.29, 0.717) is 23.6 Å². The summed E-state index contributed by atoms with van der Waals surface area (Å²) >= 11 is 0. The molecule has 0 aliphatic heterocycles. The van der Waals surface area contributed by atoms with E-state index in [-0.39, 0.29) is 18.0 Å². The Balaban J connectivity index is 1.69. The molecule has 0 saturated heterocycles. The van der Waals surface area contributed by atoms with Gasteiger partial charge in [0.1, 0.15) is 17.1 Å². The second-order valence-electron chi connectivity index (χ2n) is 6.18. The van der Waals surface area contributed by atoms with Gasteiger partial charge in [-0.3, -0.25) is 9.59 Å². The third-order valence-corrected chi connectivity index (χ3v) is 4.54. The lowest BCUT2D eigenvalue weighted by molar-refractivity contribution is 0.0945. The first-order chi connectivity index (χ1) is 12.6. The maximum absolute atomic E-state index is 12.5. The molecule has 1 amide bonds. The highest BCUT2D eigenvalue weighted by atomic mass is 16.5. The minimum atomic E-state index is -0.315. The lowest BCUT2D eigenvalue weighted by atomic mass is 9.97. The van der Waals surface area contributed by atoms with Gasteiger partial charge in [0.25, 0.3) is 11.5 Å². The van der Waals surface area contributed by atoms with Crippen molar-refractivity contribution in [2.75, 3.05) is 20.8 Å². The highest BCUT2D eigenvalue weighted by Gasteiger charge is 2.18. The zero-order chi connectivity index (χ0) is 18.5. The maximum atomic E-state index is 12.5. The van der Waals surface area contributed by atoms with Crippen LogP contribution in [0, 0.1) is 0 Å². The average Bonchev–Trinajstić information content (AvgIpc) is 2.67. The fourth-order valence-corrected chi connectivity index (χ4v) is 3.20. The average molecular weight is 357 g/mol. The van der Waals surface area contributed by atoms with Crippen LogP contribution in [0.5, 0.6) is 11.5 Å². The predicted molar refractivity (Wildman–Crippen MR) is 97.0 cm³/mol. The van der Waals surface area contributed by atoms with Crippen LogP contribution in [0.4, 0.5) is 0 Å². The molecule has 1 aromatic heterocycles. The van der Waals surface area contributed by atoms with Crippen molar-refractivity contribution in [1.82, 2.24) is 15.1 Å². The SMILES string of the molecule is COc1cccc(OC)c1C(=O)NCCn1nc2c(cc1=O)CCCC2. The topological polar surface area (TPSA) is 82.4 Å². The first-order valence-electron chi connectivity index (χ1n) is 8.73. The minimum Gasteiger partial charge on any atom is -0.496 e. The monoisotopic (exact) mass is 357 g/mol. The van der Waals surface area contributed by atoms with Crippen LogP contribution in [0.2, 0.25) is 0 Å². The molecule has 3 rings (SSSR count). The van der Waals surface area contributed by atoms with E-state index in [1.807, 2.05) is 0 Å². The molecule has 1 N–H and O–H groups in total. The Kier molecular flexibility index (Phi) is 5.55. The van der Waals surface area contributed by atoms with Gasteiger partial charge in [-0.15, -0.1) is 0 Å². The summed E-state index contributed by atoms with van der Waals surface area (Å²) in [6.07, 6.45) is 4.03. The summed E-state index contributed by atoms with van der Waals surface area (Å²) in [7, 11) is 3.00. The van der Waals surface area contributed by atoms with Gasteiger partial charge in [0.15, 0.2) is 0 Å². The Morgan fingerprint density at radius 1 is 1.19 bits per heavy atom. The van der Waals surface area contributed by atoms with E-state index in [2.05, 4.69) is 10.4 Å². The van der Waals surface area contributed by atoms with Crippen LogP contribution >= 0.6 is 0 Å². The van der Waals surface area contributed by atoms with E-state index < -0.39 is 0 Å².